The second-order valence-corrected chi connectivity index (χ2v) is 14.2. The van der Waals surface area contributed by atoms with Crippen molar-refractivity contribution in [3.63, 3.8) is 0 Å². The van der Waals surface area contributed by atoms with E-state index in [0.717, 1.165) is 42.3 Å². The predicted octanol–water partition coefficient (Wildman–Crippen LogP) is 5.96. The lowest BCUT2D eigenvalue weighted by Gasteiger charge is -2.26. The normalized spacial score (nSPS) is 25.1. The molecule has 1 amide bonds. The minimum Gasteiger partial charge on any atom is -0.424 e. The van der Waals surface area contributed by atoms with Gasteiger partial charge in [0.1, 0.15) is 23.8 Å². The number of Topliss-reactive ketones (excluding diaryl/α,β-unsaturated/α-hetero) is 3. The summed E-state index contributed by atoms with van der Waals surface area (Å²) in [4.78, 5) is 63.6. The average Bonchev–Trinajstić information content (AvgIpc) is 3.40. The Morgan fingerprint density at radius 2 is 1.80 bits per heavy atom. The van der Waals surface area contributed by atoms with Gasteiger partial charge in [-0.15, -0.1) is 0 Å². The van der Waals surface area contributed by atoms with Crippen LogP contribution in [0.3, 0.4) is 0 Å². The molecule has 0 spiro atoms. The van der Waals surface area contributed by atoms with E-state index in [0.29, 0.717) is 49.7 Å². The molecule has 0 radical (unpaired) electrons. The molecule has 1 aromatic carbocycles. The van der Waals surface area contributed by atoms with Gasteiger partial charge >= 0.3 is 6.01 Å². The fourth-order valence-corrected chi connectivity index (χ4v) is 7.63. The number of nitrogens with zero attached hydrogens (tertiary/aromatic N) is 5. The molecule has 238 valence electrons. The van der Waals surface area contributed by atoms with Crippen molar-refractivity contribution in [2.75, 3.05) is 0 Å². The van der Waals surface area contributed by atoms with E-state index in [1.165, 1.54) is 6.92 Å². The maximum atomic E-state index is 14.1. The molecule has 1 saturated heterocycles. The Kier molecular flexibility index (Phi) is 8.12. The molecule has 3 aromatic rings. The van der Waals surface area contributed by atoms with Crippen LogP contribution in [0.1, 0.15) is 107 Å². The van der Waals surface area contributed by atoms with Crippen molar-refractivity contribution >= 4 is 34.2 Å². The van der Waals surface area contributed by atoms with Gasteiger partial charge in [0.25, 0.3) is 0 Å². The first-order chi connectivity index (χ1) is 21.4. The number of rotatable bonds is 5. The highest BCUT2D eigenvalue weighted by Gasteiger charge is 2.66. The lowest BCUT2D eigenvalue weighted by Crippen LogP contribution is -2.44. The second-order valence-electron chi connectivity index (χ2n) is 14.2. The molecule has 0 N–H and O–H groups in total. The Balaban J connectivity index is 1.43. The Hall–Kier alpha value is -3.95. The molecule has 2 aromatic heterocycles. The number of aryl methyl sites for hydroxylation is 2. The van der Waals surface area contributed by atoms with Gasteiger partial charge in [-0.2, -0.15) is 5.10 Å². The highest BCUT2D eigenvalue weighted by Crippen LogP contribution is 2.62. The third-order valence-electron chi connectivity index (χ3n) is 10.0. The number of hydrogen-bond acceptors (Lipinski definition) is 8. The summed E-state index contributed by atoms with van der Waals surface area (Å²) < 4.78 is 7.71. The summed E-state index contributed by atoms with van der Waals surface area (Å²) in [6, 6.07) is 3.35. The van der Waals surface area contributed by atoms with Crippen LogP contribution in [0.4, 0.5) is 0 Å². The quantitative estimate of drug-likeness (QED) is 0.323. The van der Waals surface area contributed by atoms with Gasteiger partial charge in [-0.25, -0.2) is 9.97 Å². The minimum atomic E-state index is -0.491. The van der Waals surface area contributed by atoms with Crippen LogP contribution in [-0.2, 0) is 27.3 Å². The fraction of sp³-hybridized carbons (Fsp3) is 0.571. The van der Waals surface area contributed by atoms with Crippen LogP contribution in [0.25, 0.3) is 10.9 Å². The molecule has 10 heteroatoms. The van der Waals surface area contributed by atoms with Crippen molar-refractivity contribution < 1.29 is 23.9 Å². The van der Waals surface area contributed by atoms with Crippen LogP contribution in [0.2, 0.25) is 0 Å². The third kappa shape index (κ3) is 6.16. The molecule has 0 unspecified atom stereocenters. The number of ether oxygens (including phenoxy) is 1. The van der Waals surface area contributed by atoms with Crippen LogP contribution in [0.15, 0.2) is 24.5 Å². The van der Waals surface area contributed by atoms with E-state index >= 15 is 0 Å². The second kappa shape index (κ2) is 11.8. The van der Waals surface area contributed by atoms with E-state index in [-0.39, 0.29) is 58.4 Å². The Morgan fingerprint density at radius 3 is 2.51 bits per heavy atom. The van der Waals surface area contributed by atoms with Crippen LogP contribution in [0.5, 0.6) is 11.8 Å². The minimum absolute atomic E-state index is 0.0485. The maximum Gasteiger partial charge on any atom is 0.321 e. The number of benzene rings is 1. The Labute approximate surface area is 263 Å². The van der Waals surface area contributed by atoms with E-state index in [9.17, 15) is 19.2 Å². The topological polar surface area (TPSA) is 124 Å². The van der Waals surface area contributed by atoms with Crippen molar-refractivity contribution in [1.29, 1.82) is 0 Å². The Morgan fingerprint density at radius 1 is 1.04 bits per heavy atom. The molecule has 1 aliphatic carbocycles. The molecule has 3 atom stereocenters. The summed E-state index contributed by atoms with van der Waals surface area (Å²) in [7, 11) is 0. The van der Waals surface area contributed by atoms with Crippen LogP contribution >= 0.6 is 0 Å². The number of hydrogen-bond donors (Lipinski definition) is 0. The molecule has 2 aliphatic heterocycles. The van der Waals surface area contributed by atoms with Crippen molar-refractivity contribution in [2.24, 2.45) is 10.8 Å². The molecule has 3 aliphatic rings. The number of aromatic nitrogens is 4. The largest absolute Gasteiger partial charge is 0.424 e. The van der Waals surface area contributed by atoms with E-state index in [1.807, 2.05) is 19.9 Å². The summed E-state index contributed by atoms with van der Waals surface area (Å²) >= 11 is 0. The summed E-state index contributed by atoms with van der Waals surface area (Å²) in [5.74, 6) is 0.404. The molecule has 10 nitrogen and oxygen atoms in total. The predicted molar refractivity (Wildman–Crippen MR) is 168 cm³/mol. The standard InChI is InChI=1S/C35H43N5O5/c1-6-28(43)27-16-35-12-10-24(42)15-34(4,5)11-8-7-9-23-13-25(45-33-36-18-21(2)19-37-33)14-26-31(22(3)41)38-39(32(23)26)20-30(44)40(27)29(35)17-35/h13-14,18-19,27,29H,6-12,15-17,20H2,1-5H3/t27-,29+,35-/m0/s1. The number of carbonyl (C=O) groups excluding carboxylic acids is 4. The first kappa shape index (κ1) is 31.0. The summed E-state index contributed by atoms with van der Waals surface area (Å²) in [5, 5.41) is 5.31. The highest BCUT2D eigenvalue weighted by molar-refractivity contribution is 6.06. The van der Waals surface area contributed by atoms with Gasteiger partial charge in [0, 0.05) is 50.0 Å². The van der Waals surface area contributed by atoms with Gasteiger partial charge in [0.2, 0.25) is 5.91 Å². The summed E-state index contributed by atoms with van der Waals surface area (Å²) in [6.07, 6.45) is 10.2. The summed E-state index contributed by atoms with van der Waals surface area (Å²) in [5.41, 5.74) is 2.51. The van der Waals surface area contributed by atoms with E-state index in [4.69, 9.17) is 9.84 Å². The van der Waals surface area contributed by atoms with Gasteiger partial charge in [-0.1, -0.05) is 27.2 Å². The molecule has 6 rings (SSSR count). The first-order valence-corrected chi connectivity index (χ1v) is 16.3. The average molecular weight is 614 g/mol. The lowest BCUT2D eigenvalue weighted by molar-refractivity contribution is -0.139. The number of carbonyl (C=O) groups is 4. The van der Waals surface area contributed by atoms with Crippen molar-refractivity contribution in [3.05, 3.63) is 41.3 Å². The SMILES string of the molecule is CCC(=O)[C@@H]1C[C@]23CCC(=O)CC(C)(C)CCCCc4cc(Oc5ncc(C)cn5)cc5c(C(C)=O)nn(c45)CC(=O)N1[C@@H]2C3. The van der Waals surface area contributed by atoms with Crippen molar-refractivity contribution in [2.45, 2.75) is 117 Å². The third-order valence-corrected chi connectivity index (χ3v) is 10.0. The van der Waals surface area contributed by atoms with Gasteiger partial charge in [-0.05, 0) is 79.5 Å². The molecule has 1 saturated carbocycles. The lowest BCUT2D eigenvalue weighted by atomic mass is 9.80. The molecular weight excluding hydrogens is 570 g/mol. The smallest absolute Gasteiger partial charge is 0.321 e. The van der Waals surface area contributed by atoms with E-state index in [1.54, 1.807) is 28.0 Å². The zero-order chi connectivity index (χ0) is 32.1. The first-order valence-electron chi connectivity index (χ1n) is 16.3. The maximum absolute atomic E-state index is 14.1. The van der Waals surface area contributed by atoms with Gasteiger partial charge in [0.15, 0.2) is 11.6 Å². The molecular formula is C35H43N5O5. The number of ketones is 3. The van der Waals surface area contributed by atoms with Gasteiger partial charge < -0.3 is 9.64 Å². The van der Waals surface area contributed by atoms with Crippen LogP contribution in [0, 0.1) is 17.8 Å². The molecule has 2 bridgehead atoms. The number of amides is 1. The zero-order valence-electron chi connectivity index (χ0n) is 27.0. The molecule has 4 heterocycles. The monoisotopic (exact) mass is 613 g/mol. The summed E-state index contributed by atoms with van der Waals surface area (Å²) in [6.45, 7) is 9.44. The van der Waals surface area contributed by atoms with Crippen LogP contribution < -0.4 is 4.74 Å². The number of piperidine rings is 1. The molecule has 2 fully saturated rings. The Bertz CT molecular complexity index is 1680. The van der Waals surface area contributed by atoms with E-state index in [2.05, 4.69) is 23.8 Å². The van der Waals surface area contributed by atoms with E-state index < -0.39 is 6.04 Å². The van der Waals surface area contributed by atoms with Gasteiger partial charge in [-0.3, -0.25) is 23.9 Å². The van der Waals surface area contributed by atoms with Crippen molar-refractivity contribution in [1.82, 2.24) is 24.6 Å². The fourth-order valence-electron chi connectivity index (χ4n) is 7.63. The molecule has 45 heavy (non-hydrogen) atoms. The van der Waals surface area contributed by atoms with Crippen molar-refractivity contribution in [3.8, 4) is 11.8 Å². The highest BCUT2D eigenvalue weighted by atomic mass is 16.5. The van der Waals surface area contributed by atoms with Gasteiger partial charge in [0.05, 0.1) is 11.6 Å². The van der Waals surface area contributed by atoms with Crippen LogP contribution in [-0.4, -0.2) is 60.0 Å². The zero-order valence-corrected chi connectivity index (χ0v) is 27.0.